The zero-order chi connectivity index (χ0) is 26.4. The second kappa shape index (κ2) is 12.3. The summed E-state index contributed by atoms with van der Waals surface area (Å²) in [7, 11) is 1.62. The minimum absolute atomic E-state index is 0.242. The van der Waals surface area contributed by atoms with Crippen LogP contribution in [0, 0.1) is 0 Å². The second-order valence-electron chi connectivity index (χ2n) is 8.71. The van der Waals surface area contributed by atoms with Crippen LogP contribution < -0.4 is 4.74 Å². The van der Waals surface area contributed by atoms with E-state index in [1.54, 1.807) is 59.9 Å². The number of hydrogen-bond acceptors (Lipinski definition) is 7. The van der Waals surface area contributed by atoms with E-state index in [2.05, 4.69) is 4.99 Å². The summed E-state index contributed by atoms with van der Waals surface area (Å²) >= 11 is 7.96. The predicted molar refractivity (Wildman–Crippen MR) is 143 cm³/mol. The summed E-state index contributed by atoms with van der Waals surface area (Å²) in [6, 6.07) is 13.9. The number of hydrogen-bond donors (Lipinski definition) is 0. The summed E-state index contributed by atoms with van der Waals surface area (Å²) < 4.78 is 16.4. The molecule has 3 rings (SSSR count). The lowest BCUT2D eigenvalue weighted by atomic mass is 9.94. The van der Waals surface area contributed by atoms with Gasteiger partial charge < -0.3 is 14.2 Å². The van der Waals surface area contributed by atoms with Gasteiger partial charge in [0.05, 0.1) is 30.6 Å². The van der Waals surface area contributed by atoms with Crippen LogP contribution in [0.4, 0.5) is 4.79 Å². The second-order valence-corrected chi connectivity index (χ2v) is 10.1. The molecular weight excluding hydrogens is 500 g/mol. The normalized spacial score (nSPS) is 15.8. The number of ether oxygens (including phenoxy) is 3. The monoisotopic (exact) mass is 530 g/mol. The van der Waals surface area contributed by atoms with E-state index in [4.69, 9.17) is 25.8 Å². The van der Waals surface area contributed by atoms with Gasteiger partial charge >= 0.3 is 12.1 Å². The molecule has 0 bridgehead atoms. The molecule has 1 heterocycles. The minimum atomic E-state index is -0.868. The third-order valence-electron chi connectivity index (χ3n) is 5.21. The Bertz CT molecular complexity index is 1160. The molecule has 1 atom stereocenters. The molecule has 0 aromatic heterocycles. The summed E-state index contributed by atoms with van der Waals surface area (Å²) in [6.07, 6.45) is -1.36. The molecule has 7 nitrogen and oxygen atoms in total. The van der Waals surface area contributed by atoms with E-state index in [9.17, 15) is 9.59 Å². The molecule has 1 aliphatic heterocycles. The van der Waals surface area contributed by atoms with Gasteiger partial charge in [0.25, 0.3) is 0 Å². The van der Waals surface area contributed by atoms with Crippen LogP contribution in [0.15, 0.2) is 64.8 Å². The van der Waals surface area contributed by atoms with Gasteiger partial charge in [0.15, 0.2) is 5.17 Å². The van der Waals surface area contributed by atoms with E-state index in [1.165, 1.54) is 16.7 Å². The number of aliphatic imine (C=N–C) groups is 1. The first-order valence-electron chi connectivity index (χ1n) is 11.6. The summed E-state index contributed by atoms with van der Waals surface area (Å²) in [5.74, 6) is 0.729. The number of esters is 1. The molecule has 1 unspecified atom stereocenters. The zero-order valence-corrected chi connectivity index (χ0v) is 22.9. The van der Waals surface area contributed by atoms with E-state index in [0.717, 1.165) is 11.3 Å². The van der Waals surface area contributed by atoms with Gasteiger partial charge in [-0.05, 0) is 63.9 Å². The minimum Gasteiger partial charge on any atom is -0.497 e. The third-order valence-corrected chi connectivity index (χ3v) is 6.58. The van der Waals surface area contributed by atoms with Crippen LogP contribution >= 0.6 is 23.4 Å². The average Bonchev–Trinajstić information content (AvgIpc) is 2.81. The number of rotatable bonds is 7. The number of halogens is 1. The average molecular weight is 531 g/mol. The molecule has 0 aliphatic carbocycles. The van der Waals surface area contributed by atoms with Gasteiger partial charge in [0.1, 0.15) is 11.8 Å². The van der Waals surface area contributed by atoms with Crippen LogP contribution in [0.1, 0.15) is 51.8 Å². The number of carbonyl (C=O) groups excluding carboxylic acids is 2. The molecule has 192 valence electrons. The number of carbonyl (C=O) groups is 2. The molecule has 0 saturated heterocycles. The summed E-state index contributed by atoms with van der Waals surface area (Å²) in [5, 5.41) is 0.814. The SMILES string of the molecule is COc1ccc(CSC2=NC(C)=C(C(=O)OC(C)C)C(c3ccccc3Cl)N2C(=O)OC(C)C)cc1. The summed E-state index contributed by atoms with van der Waals surface area (Å²) in [4.78, 5) is 32.8. The molecule has 1 aliphatic rings. The fourth-order valence-corrected chi connectivity index (χ4v) is 4.88. The van der Waals surface area contributed by atoms with Gasteiger partial charge in [-0.25, -0.2) is 19.5 Å². The fourth-order valence-electron chi connectivity index (χ4n) is 3.64. The van der Waals surface area contributed by atoms with Crippen molar-refractivity contribution in [2.45, 2.75) is 58.6 Å². The Hall–Kier alpha value is -2.97. The van der Waals surface area contributed by atoms with Gasteiger partial charge in [0.2, 0.25) is 0 Å². The van der Waals surface area contributed by atoms with Crippen molar-refractivity contribution in [2.75, 3.05) is 7.11 Å². The largest absolute Gasteiger partial charge is 0.497 e. The molecule has 2 aromatic carbocycles. The highest BCUT2D eigenvalue weighted by molar-refractivity contribution is 8.13. The number of amides is 1. The first-order valence-corrected chi connectivity index (χ1v) is 13.0. The number of methoxy groups -OCH3 is 1. The number of amidine groups is 1. The highest BCUT2D eigenvalue weighted by atomic mass is 35.5. The van der Waals surface area contributed by atoms with Crippen LogP contribution in [0.3, 0.4) is 0 Å². The van der Waals surface area contributed by atoms with Crippen molar-refractivity contribution in [2.24, 2.45) is 4.99 Å². The van der Waals surface area contributed by atoms with E-state index in [0.29, 0.717) is 27.2 Å². The molecule has 0 saturated carbocycles. The number of thioether (sulfide) groups is 1. The number of nitrogens with zero attached hydrogens (tertiary/aromatic N) is 2. The van der Waals surface area contributed by atoms with Crippen molar-refractivity contribution in [3.63, 3.8) is 0 Å². The zero-order valence-electron chi connectivity index (χ0n) is 21.3. The number of benzene rings is 2. The van der Waals surface area contributed by atoms with Crippen molar-refractivity contribution in [3.8, 4) is 5.75 Å². The first-order chi connectivity index (χ1) is 17.1. The van der Waals surface area contributed by atoms with Gasteiger partial charge in [0, 0.05) is 10.8 Å². The molecule has 0 N–H and O–H groups in total. The topological polar surface area (TPSA) is 77.4 Å². The smallest absolute Gasteiger partial charge is 0.417 e. The summed E-state index contributed by atoms with van der Waals surface area (Å²) in [5.41, 5.74) is 2.29. The van der Waals surface area contributed by atoms with Gasteiger partial charge in [-0.1, -0.05) is 53.7 Å². The molecule has 0 spiro atoms. The molecular formula is C27H31ClN2O5S. The Morgan fingerprint density at radius 1 is 1.03 bits per heavy atom. The quantitative estimate of drug-likeness (QED) is 0.368. The molecule has 0 fully saturated rings. The Balaban J connectivity index is 2.10. The van der Waals surface area contributed by atoms with Crippen molar-refractivity contribution < 1.29 is 23.8 Å². The van der Waals surface area contributed by atoms with Crippen LogP contribution in [-0.4, -0.2) is 41.4 Å². The standard InChI is InChI=1S/C27H31ClN2O5S/c1-16(2)34-25(31)23-18(5)29-26(36-15-19-11-13-20(33-6)14-12-19)30(27(32)35-17(3)4)24(23)21-9-7-8-10-22(21)28/h7-14,16-17,24H,15H2,1-6H3. The number of allylic oxidation sites excluding steroid dienone is 1. The van der Waals surface area contributed by atoms with Crippen molar-refractivity contribution in [1.29, 1.82) is 0 Å². The van der Waals surface area contributed by atoms with E-state index < -0.39 is 18.1 Å². The van der Waals surface area contributed by atoms with Gasteiger partial charge in [-0.15, -0.1) is 0 Å². The molecule has 0 radical (unpaired) electrons. The van der Waals surface area contributed by atoms with Crippen LogP contribution in [0.5, 0.6) is 5.75 Å². The van der Waals surface area contributed by atoms with Gasteiger partial charge in [-0.2, -0.15) is 0 Å². The third kappa shape index (κ3) is 6.62. The molecule has 36 heavy (non-hydrogen) atoms. The maximum atomic E-state index is 13.5. The first kappa shape index (κ1) is 27.6. The Kier molecular flexibility index (Phi) is 9.45. The van der Waals surface area contributed by atoms with Crippen LogP contribution in [-0.2, 0) is 20.0 Å². The van der Waals surface area contributed by atoms with Gasteiger partial charge in [-0.3, -0.25) is 0 Å². The highest BCUT2D eigenvalue weighted by Crippen LogP contribution is 2.41. The maximum Gasteiger partial charge on any atom is 0.417 e. The van der Waals surface area contributed by atoms with Crippen molar-refractivity contribution in [1.82, 2.24) is 4.90 Å². The van der Waals surface area contributed by atoms with Crippen LogP contribution in [0.2, 0.25) is 5.02 Å². The Labute approximate surface area is 221 Å². The Morgan fingerprint density at radius 2 is 1.67 bits per heavy atom. The lowest BCUT2D eigenvalue weighted by molar-refractivity contribution is -0.143. The predicted octanol–water partition coefficient (Wildman–Crippen LogP) is 6.77. The molecule has 9 heteroatoms. The van der Waals surface area contributed by atoms with Crippen molar-refractivity contribution in [3.05, 3.63) is 76.0 Å². The van der Waals surface area contributed by atoms with E-state index in [1.807, 2.05) is 30.3 Å². The molecule has 2 aromatic rings. The lowest BCUT2D eigenvalue weighted by Gasteiger charge is -2.36. The fraction of sp³-hybridized carbons (Fsp3) is 0.370. The highest BCUT2D eigenvalue weighted by Gasteiger charge is 2.42. The Morgan fingerprint density at radius 3 is 2.25 bits per heavy atom. The van der Waals surface area contributed by atoms with E-state index >= 15 is 0 Å². The maximum absolute atomic E-state index is 13.5. The van der Waals surface area contributed by atoms with E-state index in [-0.39, 0.29) is 17.8 Å². The summed E-state index contributed by atoms with van der Waals surface area (Å²) in [6.45, 7) is 8.81. The lowest BCUT2D eigenvalue weighted by Crippen LogP contribution is -2.44. The molecule has 1 amide bonds. The van der Waals surface area contributed by atoms with Crippen LogP contribution in [0.25, 0.3) is 0 Å². The van der Waals surface area contributed by atoms with Crippen molar-refractivity contribution >= 4 is 40.6 Å².